The van der Waals surface area contributed by atoms with Crippen LogP contribution in [0.5, 0.6) is 0 Å². The number of aliphatic hydroxyl groups is 2. The second-order valence-corrected chi connectivity index (χ2v) is 17.9. The van der Waals surface area contributed by atoms with Gasteiger partial charge in [0.05, 0.1) is 25.2 Å². The number of ether oxygens (including phenoxy) is 1. The second kappa shape index (κ2) is 47.4. The van der Waals surface area contributed by atoms with Crippen molar-refractivity contribution in [2.75, 3.05) is 6.61 Å². The average molecular weight is 832 g/mol. The number of carbonyl (C=O) groups excluding carboxylic acids is 2. The van der Waals surface area contributed by atoms with E-state index in [-0.39, 0.29) is 24.9 Å². The summed E-state index contributed by atoms with van der Waals surface area (Å²) in [6, 6.07) is -0.700. The van der Waals surface area contributed by atoms with Crippen LogP contribution in [0.2, 0.25) is 0 Å². The zero-order valence-electron chi connectivity index (χ0n) is 39.7. The first kappa shape index (κ1) is 57.3. The van der Waals surface area contributed by atoms with E-state index in [2.05, 4.69) is 50.4 Å². The summed E-state index contributed by atoms with van der Waals surface area (Å²) in [7, 11) is 0. The summed E-state index contributed by atoms with van der Waals surface area (Å²) in [4.78, 5) is 26.1. The number of nitrogens with one attached hydrogen (secondary N) is 1. The van der Waals surface area contributed by atoms with Gasteiger partial charge in [0.25, 0.3) is 0 Å². The van der Waals surface area contributed by atoms with Gasteiger partial charge in [-0.1, -0.05) is 212 Å². The van der Waals surface area contributed by atoms with E-state index in [4.69, 9.17) is 4.74 Å². The van der Waals surface area contributed by atoms with Crippen LogP contribution in [0.4, 0.5) is 0 Å². The van der Waals surface area contributed by atoms with Gasteiger partial charge < -0.3 is 20.3 Å². The molecule has 0 spiro atoms. The van der Waals surface area contributed by atoms with Crippen molar-refractivity contribution in [1.82, 2.24) is 5.32 Å². The number of hydrogen-bond acceptors (Lipinski definition) is 5. The fourth-order valence-electron chi connectivity index (χ4n) is 8.01. The molecule has 0 radical (unpaired) electrons. The number of aliphatic hydroxyl groups excluding tert-OH is 2. The monoisotopic (exact) mass is 832 g/mol. The molecule has 3 atom stereocenters. The van der Waals surface area contributed by atoms with Gasteiger partial charge in [0.2, 0.25) is 5.91 Å². The number of allylic oxidation sites excluding steroid dienone is 4. The molecule has 0 aliphatic carbocycles. The molecule has 348 valence electrons. The Balaban J connectivity index is 4.52. The molecule has 0 fully saturated rings. The van der Waals surface area contributed by atoms with Crippen molar-refractivity contribution >= 4 is 11.9 Å². The van der Waals surface area contributed by atoms with Crippen molar-refractivity contribution < 1.29 is 24.5 Å². The van der Waals surface area contributed by atoms with Gasteiger partial charge in [0.15, 0.2) is 0 Å². The van der Waals surface area contributed by atoms with Gasteiger partial charge >= 0.3 is 5.97 Å². The Bertz CT molecular complexity index is 935. The second-order valence-electron chi connectivity index (χ2n) is 17.9. The third-order valence-corrected chi connectivity index (χ3v) is 12.0. The minimum absolute atomic E-state index is 0.0721. The number of amides is 1. The summed E-state index contributed by atoms with van der Waals surface area (Å²) < 4.78 is 5.93. The topological polar surface area (TPSA) is 95.9 Å². The molecule has 1 amide bonds. The lowest BCUT2D eigenvalue weighted by Crippen LogP contribution is -2.46. The molecular weight excluding hydrogens is 731 g/mol. The molecule has 0 heterocycles. The van der Waals surface area contributed by atoms with Crippen molar-refractivity contribution in [2.45, 2.75) is 296 Å². The van der Waals surface area contributed by atoms with Crippen LogP contribution >= 0.6 is 0 Å². The van der Waals surface area contributed by atoms with E-state index in [9.17, 15) is 19.8 Å². The van der Waals surface area contributed by atoms with Crippen LogP contribution in [-0.4, -0.2) is 46.9 Å². The van der Waals surface area contributed by atoms with Gasteiger partial charge in [0, 0.05) is 6.42 Å². The van der Waals surface area contributed by atoms with Gasteiger partial charge in [-0.25, -0.2) is 0 Å². The van der Waals surface area contributed by atoms with Crippen LogP contribution in [0.15, 0.2) is 24.3 Å². The first-order chi connectivity index (χ1) is 29.0. The maximum atomic E-state index is 13.2. The van der Waals surface area contributed by atoms with Gasteiger partial charge in [0.1, 0.15) is 6.10 Å². The summed E-state index contributed by atoms with van der Waals surface area (Å²) in [5.41, 5.74) is 0. The first-order valence-electron chi connectivity index (χ1n) is 26.1. The number of carbonyl (C=O) groups is 2. The Kier molecular flexibility index (Phi) is 46.1. The molecule has 6 nitrogen and oxygen atoms in total. The SMILES string of the molecule is CCCCCC/C=C\CCCCCCCC(CC(=O)NC(CO)C(O)CCCCCCCCCCC)OC(=O)CCCCCCC/C=C/CCCCCCCCCCC. The summed E-state index contributed by atoms with van der Waals surface area (Å²) >= 11 is 0. The average Bonchev–Trinajstić information content (AvgIpc) is 3.23. The van der Waals surface area contributed by atoms with Crippen molar-refractivity contribution in [2.24, 2.45) is 0 Å². The molecule has 0 saturated heterocycles. The predicted octanol–water partition coefficient (Wildman–Crippen LogP) is 15.5. The van der Waals surface area contributed by atoms with Crippen LogP contribution < -0.4 is 5.32 Å². The summed E-state index contributed by atoms with van der Waals surface area (Å²) in [5, 5.41) is 23.7. The summed E-state index contributed by atoms with van der Waals surface area (Å²) in [6.07, 6.45) is 53.9. The maximum absolute atomic E-state index is 13.2. The highest BCUT2D eigenvalue weighted by Crippen LogP contribution is 2.18. The Hall–Kier alpha value is -1.66. The number of rotatable bonds is 47. The Morgan fingerprint density at radius 3 is 1.22 bits per heavy atom. The molecule has 0 aromatic rings. The highest BCUT2D eigenvalue weighted by molar-refractivity contribution is 5.77. The maximum Gasteiger partial charge on any atom is 0.306 e. The molecule has 0 aromatic carbocycles. The predicted molar refractivity (Wildman–Crippen MR) is 255 cm³/mol. The third-order valence-electron chi connectivity index (χ3n) is 12.0. The fourth-order valence-corrected chi connectivity index (χ4v) is 8.01. The Morgan fingerprint density at radius 1 is 0.475 bits per heavy atom. The molecule has 0 aliphatic heterocycles. The Labute approximate surface area is 367 Å². The van der Waals surface area contributed by atoms with Crippen LogP contribution in [0, 0.1) is 0 Å². The molecular formula is C53H101NO5. The van der Waals surface area contributed by atoms with Crippen molar-refractivity contribution in [3.63, 3.8) is 0 Å². The number of hydrogen-bond donors (Lipinski definition) is 3. The van der Waals surface area contributed by atoms with Gasteiger partial charge in [-0.15, -0.1) is 0 Å². The van der Waals surface area contributed by atoms with E-state index in [0.717, 1.165) is 70.6 Å². The smallest absolute Gasteiger partial charge is 0.306 e. The van der Waals surface area contributed by atoms with Crippen molar-refractivity contribution in [1.29, 1.82) is 0 Å². The van der Waals surface area contributed by atoms with Crippen molar-refractivity contribution in [3.05, 3.63) is 24.3 Å². The van der Waals surface area contributed by atoms with E-state index < -0.39 is 18.2 Å². The van der Waals surface area contributed by atoms with Crippen LogP contribution in [0.25, 0.3) is 0 Å². The normalized spacial score (nSPS) is 13.4. The molecule has 0 aliphatic rings. The van der Waals surface area contributed by atoms with E-state index in [1.165, 1.54) is 161 Å². The lowest BCUT2D eigenvalue weighted by atomic mass is 10.0. The van der Waals surface area contributed by atoms with Gasteiger partial charge in [-0.05, 0) is 77.0 Å². The van der Waals surface area contributed by atoms with E-state index in [1.807, 2.05) is 0 Å². The summed E-state index contributed by atoms with van der Waals surface area (Å²) in [6.45, 7) is 6.46. The molecule has 6 heteroatoms. The van der Waals surface area contributed by atoms with Crippen LogP contribution in [-0.2, 0) is 14.3 Å². The number of esters is 1. The lowest BCUT2D eigenvalue weighted by Gasteiger charge is -2.24. The Morgan fingerprint density at radius 2 is 0.814 bits per heavy atom. The minimum Gasteiger partial charge on any atom is -0.462 e. The minimum atomic E-state index is -0.786. The molecule has 3 unspecified atom stereocenters. The quantitative estimate of drug-likeness (QED) is 0.0322. The fraction of sp³-hybridized carbons (Fsp3) is 0.887. The van der Waals surface area contributed by atoms with Crippen LogP contribution in [0.3, 0.4) is 0 Å². The molecule has 0 rings (SSSR count). The third kappa shape index (κ3) is 42.8. The summed E-state index contributed by atoms with van der Waals surface area (Å²) in [5.74, 6) is -0.482. The zero-order valence-corrected chi connectivity index (χ0v) is 39.7. The van der Waals surface area contributed by atoms with Crippen molar-refractivity contribution in [3.8, 4) is 0 Å². The highest BCUT2D eigenvalue weighted by atomic mass is 16.5. The van der Waals surface area contributed by atoms with E-state index in [1.54, 1.807) is 0 Å². The first-order valence-corrected chi connectivity index (χ1v) is 26.1. The van der Waals surface area contributed by atoms with Crippen LogP contribution in [0.1, 0.15) is 278 Å². The molecule has 3 N–H and O–H groups in total. The zero-order chi connectivity index (χ0) is 43.1. The van der Waals surface area contributed by atoms with E-state index >= 15 is 0 Å². The molecule has 0 aromatic heterocycles. The van der Waals surface area contributed by atoms with Gasteiger partial charge in [-0.2, -0.15) is 0 Å². The largest absolute Gasteiger partial charge is 0.462 e. The molecule has 0 saturated carbocycles. The van der Waals surface area contributed by atoms with Gasteiger partial charge in [-0.3, -0.25) is 9.59 Å². The number of unbranched alkanes of at least 4 members (excludes halogenated alkanes) is 31. The standard InChI is InChI=1S/C53H101NO5/c1-4-7-10-13-16-19-21-23-24-25-26-27-29-31-34-37-40-43-46-53(58)59-49(44-41-38-35-33-30-28-22-20-17-14-11-8-5-2)47-52(57)54-50(48-55)51(56)45-42-39-36-32-18-15-12-9-6-3/h20,22,26-27,49-51,55-56H,4-19,21,23-25,28-48H2,1-3H3,(H,54,57)/b22-20-,27-26+. The highest BCUT2D eigenvalue weighted by Gasteiger charge is 2.24. The lowest BCUT2D eigenvalue weighted by molar-refractivity contribution is -0.151. The molecule has 0 bridgehead atoms. The molecule has 59 heavy (non-hydrogen) atoms. The van der Waals surface area contributed by atoms with E-state index in [0.29, 0.717) is 19.3 Å².